The highest BCUT2D eigenvalue weighted by Crippen LogP contribution is 2.13. The molecular weight excluding hydrogens is 192 g/mol. The van der Waals surface area contributed by atoms with E-state index in [1.807, 2.05) is 19.9 Å². The number of hydrogen-bond acceptors (Lipinski definition) is 0. The van der Waals surface area contributed by atoms with Crippen molar-refractivity contribution >= 4 is 6.08 Å². The zero-order chi connectivity index (χ0) is 13.0. The fraction of sp³-hybridized carbons (Fsp3) is 0.375. The summed E-state index contributed by atoms with van der Waals surface area (Å²) in [5, 5.41) is 0. The maximum atomic E-state index is 3.79. The highest BCUT2D eigenvalue weighted by atomic mass is 14.0. The topological polar surface area (TPSA) is 0 Å². The predicted molar refractivity (Wildman–Crippen MR) is 77.9 cm³/mol. The molecule has 0 unspecified atom stereocenters. The predicted octanol–water partition coefficient (Wildman–Crippen LogP) is 5.42. The van der Waals surface area contributed by atoms with Gasteiger partial charge in [-0.2, -0.15) is 0 Å². The fourth-order valence-corrected chi connectivity index (χ4v) is 1.35. The monoisotopic (exact) mass is 218 g/mol. The zero-order valence-electron chi connectivity index (χ0n) is 11.3. The average Bonchev–Trinajstić information content (AvgIpc) is 2.37. The lowest BCUT2D eigenvalue weighted by molar-refractivity contribution is 0.921. The molecule has 0 heteroatoms. The van der Waals surface area contributed by atoms with Gasteiger partial charge in [-0.15, -0.1) is 13.2 Å². The molecule has 0 heterocycles. The Morgan fingerprint density at radius 2 is 1.75 bits per heavy atom. The SMILES string of the molecule is C=C.C=Cc1cc(CCC)ccc1C.CC. The molecule has 0 saturated carbocycles. The second-order valence-electron chi connectivity index (χ2n) is 3.15. The normalized spacial score (nSPS) is 8.00. The Bertz CT molecular complexity index is 284. The Labute approximate surface area is 102 Å². The molecule has 0 N–H and O–H groups in total. The van der Waals surface area contributed by atoms with Crippen molar-refractivity contribution in [1.29, 1.82) is 0 Å². The number of aryl methyl sites for hydroxylation is 2. The molecular formula is C16H26. The summed E-state index contributed by atoms with van der Waals surface area (Å²) in [5.74, 6) is 0. The minimum atomic E-state index is 1.17. The van der Waals surface area contributed by atoms with Gasteiger partial charge in [0.1, 0.15) is 0 Å². The van der Waals surface area contributed by atoms with E-state index in [1.54, 1.807) is 0 Å². The molecule has 1 aromatic carbocycles. The van der Waals surface area contributed by atoms with Crippen molar-refractivity contribution in [2.24, 2.45) is 0 Å². The molecule has 0 aliphatic rings. The summed E-state index contributed by atoms with van der Waals surface area (Å²) in [4.78, 5) is 0. The molecule has 0 saturated heterocycles. The molecule has 0 aromatic heterocycles. The summed E-state index contributed by atoms with van der Waals surface area (Å²) in [6, 6.07) is 6.60. The smallest absolute Gasteiger partial charge is 0.0230 e. The van der Waals surface area contributed by atoms with Gasteiger partial charge in [0, 0.05) is 0 Å². The van der Waals surface area contributed by atoms with Gasteiger partial charge in [0.15, 0.2) is 0 Å². The standard InChI is InChI=1S/C12H16.C2H6.C2H4/c1-4-6-11-8-7-10(3)12(5-2)9-11;2*1-2/h5,7-9H,2,4,6H2,1,3H3;1-2H3;1-2H2. The molecule has 0 nitrogen and oxygen atoms in total. The van der Waals surface area contributed by atoms with Crippen LogP contribution < -0.4 is 0 Å². The third-order valence-corrected chi connectivity index (χ3v) is 2.10. The van der Waals surface area contributed by atoms with Gasteiger partial charge in [0.2, 0.25) is 0 Å². The molecule has 0 aliphatic heterocycles. The summed E-state index contributed by atoms with van der Waals surface area (Å²) in [6.07, 6.45) is 4.30. The summed E-state index contributed by atoms with van der Waals surface area (Å²) < 4.78 is 0. The summed E-state index contributed by atoms with van der Waals surface area (Å²) in [6.45, 7) is 18.1. The Kier molecular flexibility index (Phi) is 12.6. The van der Waals surface area contributed by atoms with E-state index >= 15 is 0 Å². The maximum absolute atomic E-state index is 3.79. The lowest BCUT2D eigenvalue weighted by Gasteiger charge is -2.03. The molecule has 0 bridgehead atoms. The van der Waals surface area contributed by atoms with Crippen molar-refractivity contribution in [3.8, 4) is 0 Å². The first-order chi connectivity index (χ1) is 7.77. The van der Waals surface area contributed by atoms with Gasteiger partial charge in [-0.1, -0.05) is 58.0 Å². The van der Waals surface area contributed by atoms with Crippen LogP contribution in [0.5, 0.6) is 0 Å². The van der Waals surface area contributed by atoms with E-state index in [0.29, 0.717) is 0 Å². The van der Waals surface area contributed by atoms with Gasteiger partial charge in [-0.05, 0) is 30.0 Å². The highest BCUT2D eigenvalue weighted by molar-refractivity contribution is 5.52. The second kappa shape index (κ2) is 11.8. The van der Waals surface area contributed by atoms with E-state index in [0.717, 1.165) is 0 Å². The van der Waals surface area contributed by atoms with Crippen molar-refractivity contribution in [3.05, 3.63) is 54.6 Å². The first-order valence-electron chi connectivity index (χ1n) is 6.00. The van der Waals surface area contributed by atoms with E-state index in [4.69, 9.17) is 0 Å². The van der Waals surface area contributed by atoms with Crippen LogP contribution in [0, 0.1) is 6.92 Å². The van der Waals surface area contributed by atoms with Crippen molar-refractivity contribution in [2.75, 3.05) is 0 Å². The van der Waals surface area contributed by atoms with E-state index in [2.05, 4.69) is 51.8 Å². The Morgan fingerprint density at radius 1 is 1.19 bits per heavy atom. The minimum absolute atomic E-state index is 1.17. The Morgan fingerprint density at radius 3 is 2.19 bits per heavy atom. The minimum Gasteiger partial charge on any atom is -0.106 e. The third-order valence-electron chi connectivity index (χ3n) is 2.10. The van der Waals surface area contributed by atoms with E-state index < -0.39 is 0 Å². The molecule has 1 rings (SSSR count). The Hall–Kier alpha value is -1.30. The average molecular weight is 218 g/mol. The van der Waals surface area contributed by atoms with Gasteiger partial charge >= 0.3 is 0 Å². The van der Waals surface area contributed by atoms with Gasteiger partial charge in [0.25, 0.3) is 0 Å². The van der Waals surface area contributed by atoms with Crippen molar-refractivity contribution in [1.82, 2.24) is 0 Å². The van der Waals surface area contributed by atoms with Crippen LogP contribution in [0.15, 0.2) is 37.9 Å². The maximum Gasteiger partial charge on any atom is -0.0230 e. The summed E-state index contributed by atoms with van der Waals surface area (Å²) >= 11 is 0. The molecule has 1 aromatic rings. The van der Waals surface area contributed by atoms with Crippen molar-refractivity contribution in [3.63, 3.8) is 0 Å². The second-order valence-corrected chi connectivity index (χ2v) is 3.15. The third kappa shape index (κ3) is 6.23. The van der Waals surface area contributed by atoms with Crippen LogP contribution in [0.3, 0.4) is 0 Å². The molecule has 16 heavy (non-hydrogen) atoms. The lowest BCUT2D eigenvalue weighted by Crippen LogP contribution is -1.86. The molecule has 0 amide bonds. The van der Waals surface area contributed by atoms with Crippen LogP contribution >= 0.6 is 0 Å². The summed E-state index contributed by atoms with van der Waals surface area (Å²) in [7, 11) is 0. The zero-order valence-corrected chi connectivity index (χ0v) is 11.3. The molecule has 0 radical (unpaired) electrons. The summed E-state index contributed by atoms with van der Waals surface area (Å²) in [5.41, 5.74) is 3.99. The van der Waals surface area contributed by atoms with E-state index in [9.17, 15) is 0 Å². The number of benzene rings is 1. The molecule has 0 aliphatic carbocycles. The van der Waals surface area contributed by atoms with Crippen LogP contribution in [-0.4, -0.2) is 0 Å². The molecule has 0 fully saturated rings. The van der Waals surface area contributed by atoms with Crippen LogP contribution in [-0.2, 0) is 6.42 Å². The quantitative estimate of drug-likeness (QED) is 0.594. The van der Waals surface area contributed by atoms with Gasteiger partial charge in [0.05, 0.1) is 0 Å². The number of rotatable bonds is 3. The first kappa shape index (κ1) is 17.1. The van der Waals surface area contributed by atoms with Gasteiger partial charge in [-0.25, -0.2) is 0 Å². The fourth-order valence-electron chi connectivity index (χ4n) is 1.35. The lowest BCUT2D eigenvalue weighted by atomic mass is 10.0. The van der Waals surface area contributed by atoms with Crippen LogP contribution in [0.4, 0.5) is 0 Å². The van der Waals surface area contributed by atoms with Crippen molar-refractivity contribution in [2.45, 2.75) is 40.5 Å². The van der Waals surface area contributed by atoms with Crippen LogP contribution in [0.1, 0.15) is 43.9 Å². The Balaban J connectivity index is 0. The molecule has 0 atom stereocenters. The first-order valence-corrected chi connectivity index (χ1v) is 6.00. The largest absolute Gasteiger partial charge is 0.106 e. The van der Waals surface area contributed by atoms with E-state index in [-0.39, 0.29) is 0 Å². The number of hydrogen-bond donors (Lipinski definition) is 0. The molecule has 90 valence electrons. The van der Waals surface area contributed by atoms with Crippen LogP contribution in [0.2, 0.25) is 0 Å². The van der Waals surface area contributed by atoms with Gasteiger partial charge < -0.3 is 0 Å². The molecule has 0 spiro atoms. The van der Waals surface area contributed by atoms with Crippen molar-refractivity contribution < 1.29 is 0 Å². The van der Waals surface area contributed by atoms with Gasteiger partial charge in [-0.3, -0.25) is 0 Å². The van der Waals surface area contributed by atoms with E-state index in [1.165, 1.54) is 29.5 Å². The highest BCUT2D eigenvalue weighted by Gasteiger charge is 1.95. The van der Waals surface area contributed by atoms with Crippen LogP contribution in [0.25, 0.3) is 6.08 Å².